The second kappa shape index (κ2) is 24.8. The van der Waals surface area contributed by atoms with Crippen LogP contribution < -0.4 is 15.9 Å². The SMILES string of the molecule is Cc1cc(-c2ccccc2)cc(C)c1-c1cc[c-]c(-c2ccccn2)c1.Cc1nn(-c2[c-]cccc2)c(C)c1-c1ccc2c(c1)P(=O)(c1ccccc1)c1ccccc1-2.[Rh+3].[c-]1ccccc1-n1cc(-c2ccc(-c3ccccc3)cc2)cn1. The third-order valence-corrected chi connectivity index (χ3v) is 18.2. The minimum Gasteiger partial charge on any atom is -0.309 e. The van der Waals surface area contributed by atoms with Crippen LogP contribution in [0.25, 0.3) is 89.4 Å². The molecule has 0 saturated heterocycles. The van der Waals surface area contributed by atoms with Crippen molar-refractivity contribution in [3.63, 3.8) is 0 Å². The van der Waals surface area contributed by atoms with Crippen LogP contribution in [0.5, 0.6) is 0 Å². The van der Waals surface area contributed by atoms with Crippen molar-refractivity contribution in [1.29, 1.82) is 0 Å². The van der Waals surface area contributed by atoms with Crippen molar-refractivity contribution in [2.24, 2.45) is 0 Å². The second-order valence-corrected chi connectivity index (χ2v) is 23.0. The number of fused-ring (bicyclic) bond motifs is 3. The Bertz CT molecular complexity index is 4350. The van der Waals surface area contributed by atoms with Crippen LogP contribution in [0.4, 0.5) is 0 Å². The molecule has 8 heteroatoms. The van der Waals surface area contributed by atoms with Gasteiger partial charge in [0.25, 0.3) is 0 Å². The average molecular weight is 1180 g/mol. The molecule has 0 bridgehead atoms. The summed E-state index contributed by atoms with van der Waals surface area (Å²) >= 11 is 0. The van der Waals surface area contributed by atoms with Gasteiger partial charge in [-0.05, 0) is 118 Å². The van der Waals surface area contributed by atoms with E-state index in [0.717, 1.165) is 83.3 Å². The molecule has 6 nitrogen and oxygen atoms in total. The van der Waals surface area contributed by atoms with E-state index in [1.54, 1.807) is 0 Å². The van der Waals surface area contributed by atoms with Gasteiger partial charge in [0.15, 0.2) is 7.14 Å². The summed E-state index contributed by atoms with van der Waals surface area (Å²) in [5, 5.41) is 11.9. The van der Waals surface area contributed by atoms with E-state index >= 15 is 0 Å². The van der Waals surface area contributed by atoms with Crippen molar-refractivity contribution in [3.05, 3.63) is 314 Å². The molecule has 3 aromatic heterocycles. The third-order valence-electron chi connectivity index (χ3n) is 15.0. The first-order chi connectivity index (χ1) is 40.2. The summed E-state index contributed by atoms with van der Waals surface area (Å²) in [5.41, 5.74) is 22.3. The van der Waals surface area contributed by atoms with Gasteiger partial charge < -0.3 is 9.55 Å². The Labute approximate surface area is 499 Å². The molecular formula is C75H57N5OPRh. The fourth-order valence-corrected chi connectivity index (χ4v) is 14.2. The summed E-state index contributed by atoms with van der Waals surface area (Å²) in [6.07, 6.45) is 5.74. The first kappa shape index (κ1) is 55.5. The van der Waals surface area contributed by atoms with E-state index < -0.39 is 7.14 Å². The van der Waals surface area contributed by atoms with E-state index in [1.165, 1.54) is 44.5 Å². The van der Waals surface area contributed by atoms with Gasteiger partial charge in [0.2, 0.25) is 0 Å². The smallest absolute Gasteiger partial charge is 0.309 e. The number of aryl methyl sites for hydroxylation is 3. The summed E-state index contributed by atoms with van der Waals surface area (Å²) in [6, 6.07) is 96.1. The van der Waals surface area contributed by atoms with E-state index in [0.29, 0.717) is 0 Å². The van der Waals surface area contributed by atoms with Crippen LogP contribution in [0.15, 0.2) is 273 Å². The maximum Gasteiger partial charge on any atom is 3.00 e. The zero-order chi connectivity index (χ0) is 56.0. The number of hydrogen-bond acceptors (Lipinski definition) is 4. The molecule has 0 aliphatic carbocycles. The molecule has 10 aromatic carbocycles. The molecule has 1 aliphatic rings. The standard InChI is InChI=1S/C29H22N2OP.C25H20N.C21H15N2.Rh/c1-20-29(21(2)31(30-20)23-11-5-3-6-12-23)22-17-18-26-25-15-9-10-16-27(25)33(32,28(26)19-22)24-13-7-4-8-14-24;1-18-15-23(20-9-4-3-5-10-20)16-19(2)25(18)22-12-8-11-21(17-22)24-13-6-7-14-26-24;1-3-7-17(8-4-1)18-11-13-19(14-12-18)20-15-22-23(16-20)21-9-5-2-6-10-21;/h3-11,13-19H,1-2H3;3-10,12-17H,1-2H3;1-9,11-16H;/q3*-1;+3. The van der Waals surface area contributed by atoms with Crippen molar-refractivity contribution < 1.29 is 24.0 Å². The molecule has 14 rings (SSSR count). The van der Waals surface area contributed by atoms with E-state index in [-0.39, 0.29) is 19.5 Å². The Morgan fingerprint density at radius 3 is 1.64 bits per heavy atom. The molecule has 1 unspecified atom stereocenters. The van der Waals surface area contributed by atoms with Crippen molar-refractivity contribution in [2.45, 2.75) is 27.7 Å². The van der Waals surface area contributed by atoms with Crippen LogP contribution >= 0.6 is 7.14 Å². The number of rotatable bonds is 9. The number of benzene rings is 10. The molecule has 0 amide bonds. The van der Waals surface area contributed by atoms with Crippen LogP contribution in [0.2, 0.25) is 0 Å². The van der Waals surface area contributed by atoms with Gasteiger partial charge in [-0.1, -0.05) is 176 Å². The number of hydrogen-bond donors (Lipinski definition) is 0. The third kappa shape index (κ3) is 11.5. The Morgan fingerprint density at radius 1 is 0.434 bits per heavy atom. The first-order valence-electron chi connectivity index (χ1n) is 27.4. The molecule has 0 saturated carbocycles. The Balaban J connectivity index is 0.000000132. The minimum absolute atomic E-state index is 0. The van der Waals surface area contributed by atoms with Crippen molar-refractivity contribution in [3.8, 4) is 89.4 Å². The molecule has 0 spiro atoms. The van der Waals surface area contributed by atoms with Crippen molar-refractivity contribution in [2.75, 3.05) is 0 Å². The van der Waals surface area contributed by atoms with Gasteiger partial charge >= 0.3 is 19.5 Å². The van der Waals surface area contributed by atoms with Crippen LogP contribution in [-0.4, -0.2) is 24.5 Å². The summed E-state index contributed by atoms with van der Waals surface area (Å²) in [5.74, 6) is 0. The van der Waals surface area contributed by atoms with Gasteiger partial charge in [0, 0.05) is 45.1 Å². The van der Waals surface area contributed by atoms with Crippen LogP contribution in [0.1, 0.15) is 22.5 Å². The normalized spacial score (nSPS) is 12.8. The molecule has 0 radical (unpaired) electrons. The maximum absolute atomic E-state index is 14.8. The number of aromatic nitrogens is 5. The van der Waals surface area contributed by atoms with Gasteiger partial charge in [0.05, 0.1) is 11.9 Å². The summed E-state index contributed by atoms with van der Waals surface area (Å²) < 4.78 is 18.6. The van der Waals surface area contributed by atoms with Crippen LogP contribution in [0, 0.1) is 45.9 Å². The molecule has 0 N–H and O–H groups in total. The van der Waals surface area contributed by atoms with E-state index in [4.69, 9.17) is 5.10 Å². The van der Waals surface area contributed by atoms with Crippen molar-refractivity contribution in [1.82, 2.24) is 24.5 Å². The summed E-state index contributed by atoms with van der Waals surface area (Å²) in [6.45, 7) is 8.48. The molecule has 13 aromatic rings. The number of para-hydroxylation sites is 2. The molecule has 1 atom stereocenters. The minimum atomic E-state index is -2.96. The van der Waals surface area contributed by atoms with Gasteiger partial charge in [-0.3, -0.25) is 9.36 Å². The van der Waals surface area contributed by atoms with Gasteiger partial charge in [-0.2, -0.15) is 58.7 Å². The van der Waals surface area contributed by atoms with Gasteiger partial charge in [-0.25, -0.2) is 0 Å². The quantitative estimate of drug-likeness (QED) is 0.0821. The molecule has 4 heterocycles. The first-order valence-corrected chi connectivity index (χ1v) is 29.1. The fourth-order valence-electron chi connectivity index (χ4n) is 11.1. The van der Waals surface area contributed by atoms with E-state index in [2.05, 4.69) is 176 Å². The predicted molar refractivity (Wildman–Crippen MR) is 338 cm³/mol. The van der Waals surface area contributed by atoms with Gasteiger partial charge in [0.1, 0.15) is 0 Å². The number of pyridine rings is 1. The molecule has 1 aliphatic heterocycles. The monoisotopic (exact) mass is 1180 g/mol. The average Bonchev–Trinajstić information content (AvgIpc) is 3.51. The van der Waals surface area contributed by atoms with Crippen LogP contribution in [0.3, 0.4) is 0 Å². The van der Waals surface area contributed by atoms with Crippen molar-refractivity contribution >= 4 is 23.1 Å². The van der Waals surface area contributed by atoms with Crippen LogP contribution in [-0.2, 0) is 24.0 Å². The second-order valence-electron chi connectivity index (χ2n) is 20.3. The molecular weight excluding hydrogens is 1120 g/mol. The largest absolute Gasteiger partial charge is 3.00 e. The predicted octanol–water partition coefficient (Wildman–Crippen LogP) is 17.1. The van der Waals surface area contributed by atoms with E-state index in [1.807, 2.05) is 162 Å². The Morgan fingerprint density at radius 2 is 0.988 bits per heavy atom. The zero-order valence-corrected chi connectivity index (χ0v) is 48.9. The topological polar surface area (TPSA) is 65.6 Å². The van der Waals surface area contributed by atoms with E-state index in [9.17, 15) is 4.57 Å². The summed E-state index contributed by atoms with van der Waals surface area (Å²) in [7, 11) is -2.96. The molecule has 402 valence electrons. The number of nitrogens with zero attached hydrogens (tertiary/aromatic N) is 5. The fraction of sp³-hybridized carbons (Fsp3) is 0.0533. The Kier molecular flexibility index (Phi) is 16.6. The van der Waals surface area contributed by atoms with Gasteiger partial charge in [-0.15, -0.1) is 47.5 Å². The zero-order valence-electron chi connectivity index (χ0n) is 46.4. The maximum atomic E-state index is 14.8. The summed E-state index contributed by atoms with van der Waals surface area (Å²) in [4.78, 5) is 4.45. The molecule has 0 fully saturated rings. The Hall–Kier alpha value is -9.38. The molecule has 83 heavy (non-hydrogen) atoms.